The van der Waals surface area contributed by atoms with Gasteiger partial charge in [0, 0.05) is 38.8 Å². The fraction of sp³-hybridized carbons (Fsp3) is 0.600. The van der Waals surface area contributed by atoms with Crippen LogP contribution in [0.5, 0.6) is 0 Å². The van der Waals surface area contributed by atoms with Crippen LogP contribution in [-0.4, -0.2) is 51.7 Å². The maximum Gasteiger partial charge on any atom is 0.319 e. The highest BCUT2D eigenvalue weighted by molar-refractivity contribution is 7.98. The predicted octanol–water partition coefficient (Wildman–Crippen LogP) is 3.41. The normalized spacial score (nSPS) is 13.9. The number of rotatable bonds is 9. The third kappa shape index (κ3) is 5.85. The van der Waals surface area contributed by atoms with E-state index in [2.05, 4.69) is 49.1 Å². The number of carbonyl (C=O) groups excluding carboxylic acids is 1. The number of urea groups is 1. The second kappa shape index (κ2) is 10.5. The number of thioether (sulfide) groups is 1. The summed E-state index contributed by atoms with van der Waals surface area (Å²) in [7, 11) is 0. The minimum atomic E-state index is -0.202. The zero-order valence-electron chi connectivity index (χ0n) is 17.5. The molecule has 29 heavy (non-hydrogen) atoms. The number of carbonyl (C=O) groups is 1. The summed E-state index contributed by atoms with van der Waals surface area (Å²) in [6.45, 7) is 7.84. The van der Waals surface area contributed by atoms with Crippen LogP contribution in [0.25, 0.3) is 0 Å². The molecule has 1 saturated heterocycles. The molecule has 0 radical (unpaired) electrons. The average molecular weight is 418 g/mol. The average Bonchev–Trinajstić information content (AvgIpc) is 3.36. The number of nitrogens with zero attached hydrogens (tertiary/aromatic N) is 5. The van der Waals surface area contributed by atoms with Gasteiger partial charge in [-0.2, -0.15) is 0 Å². The minimum Gasteiger partial charge on any atom is -0.355 e. The molecular formula is C20H31N7OS. The number of anilines is 2. The fourth-order valence-electron chi connectivity index (χ4n) is 3.49. The van der Waals surface area contributed by atoms with Gasteiger partial charge in [-0.05, 0) is 43.6 Å². The molecule has 0 atom stereocenters. The SMILES string of the molecule is CSc1nnc(CCCNC(=O)Nc2cccnc2N2CCCC2)n1CC(C)C. The van der Waals surface area contributed by atoms with E-state index in [1.807, 2.05) is 18.4 Å². The van der Waals surface area contributed by atoms with Gasteiger partial charge >= 0.3 is 6.03 Å². The molecule has 9 heteroatoms. The Hall–Kier alpha value is -2.29. The molecule has 3 rings (SSSR count). The Morgan fingerprint density at radius 3 is 2.79 bits per heavy atom. The van der Waals surface area contributed by atoms with Gasteiger partial charge in [0.25, 0.3) is 0 Å². The topological polar surface area (TPSA) is 88.0 Å². The first-order valence-electron chi connectivity index (χ1n) is 10.3. The van der Waals surface area contributed by atoms with Crippen molar-refractivity contribution < 1.29 is 4.79 Å². The number of pyridine rings is 1. The monoisotopic (exact) mass is 417 g/mol. The lowest BCUT2D eigenvalue weighted by atomic mass is 10.2. The second-order valence-corrected chi connectivity index (χ2v) is 8.43. The zero-order valence-corrected chi connectivity index (χ0v) is 18.3. The fourth-order valence-corrected chi connectivity index (χ4v) is 4.02. The van der Waals surface area contributed by atoms with Gasteiger partial charge in [0.15, 0.2) is 11.0 Å². The first-order valence-corrected chi connectivity index (χ1v) is 11.5. The lowest BCUT2D eigenvalue weighted by Gasteiger charge is -2.20. The Labute approximate surface area is 176 Å². The summed E-state index contributed by atoms with van der Waals surface area (Å²) in [5, 5.41) is 15.4. The number of nitrogens with one attached hydrogen (secondary N) is 2. The summed E-state index contributed by atoms with van der Waals surface area (Å²) >= 11 is 1.61. The van der Waals surface area contributed by atoms with Crippen LogP contribution in [0.3, 0.4) is 0 Å². The van der Waals surface area contributed by atoms with Crippen molar-refractivity contribution in [3.63, 3.8) is 0 Å². The van der Waals surface area contributed by atoms with Crippen LogP contribution in [0.1, 0.15) is 38.9 Å². The van der Waals surface area contributed by atoms with Crippen LogP contribution in [-0.2, 0) is 13.0 Å². The van der Waals surface area contributed by atoms with Crippen LogP contribution >= 0.6 is 11.8 Å². The van der Waals surface area contributed by atoms with Gasteiger partial charge in [-0.15, -0.1) is 10.2 Å². The Balaban J connectivity index is 1.48. The van der Waals surface area contributed by atoms with E-state index in [9.17, 15) is 4.79 Å². The molecule has 1 aliphatic heterocycles. The van der Waals surface area contributed by atoms with E-state index in [4.69, 9.17) is 0 Å². The summed E-state index contributed by atoms with van der Waals surface area (Å²) in [5.41, 5.74) is 0.758. The lowest BCUT2D eigenvalue weighted by Crippen LogP contribution is -2.31. The Bertz CT molecular complexity index is 802. The van der Waals surface area contributed by atoms with Crippen LogP contribution < -0.4 is 15.5 Å². The van der Waals surface area contributed by atoms with Gasteiger partial charge in [-0.1, -0.05) is 25.6 Å². The summed E-state index contributed by atoms with van der Waals surface area (Å²) in [6.07, 6.45) is 7.72. The van der Waals surface area contributed by atoms with E-state index < -0.39 is 0 Å². The summed E-state index contributed by atoms with van der Waals surface area (Å²) in [4.78, 5) is 19.0. The van der Waals surface area contributed by atoms with E-state index in [0.717, 1.165) is 55.0 Å². The van der Waals surface area contributed by atoms with Crippen molar-refractivity contribution >= 4 is 29.3 Å². The largest absolute Gasteiger partial charge is 0.355 e. The van der Waals surface area contributed by atoms with E-state index in [1.54, 1.807) is 18.0 Å². The van der Waals surface area contributed by atoms with Gasteiger partial charge in [-0.25, -0.2) is 9.78 Å². The van der Waals surface area contributed by atoms with Crippen molar-refractivity contribution in [2.75, 3.05) is 36.1 Å². The van der Waals surface area contributed by atoms with Gasteiger partial charge in [0.05, 0.1) is 5.69 Å². The third-order valence-electron chi connectivity index (χ3n) is 4.83. The Morgan fingerprint density at radius 1 is 1.28 bits per heavy atom. The molecule has 0 bridgehead atoms. The molecule has 0 saturated carbocycles. The molecule has 1 fully saturated rings. The number of aryl methyl sites for hydroxylation is 1. The van der Waals surface area contributed by atoms with Crippen LogP contribution in [0.2, 0.25) is 0 Å². The number of hydrogen-bond donors (Lipinski definition) is 2. The van der Waals surface area contributed by atoms with Crippen LogP contribution in [0, 0.1) is 5.92 Å². The first-order chi connectivity index (χ1) is 14.1. The number of amides is 2. The van der Waals surface area contributed by atoms with Crippen molar-refractivity contribution in [2.24, 2.45) is 5.92 Å². The molecule has 0 aromatic carbocycles. The van der Waals surface area contributed by atoms with Crippen molar-refractivity contribution in [3.8, 4) is 0 Å². The maximum absolute atomic E-state index is 12.3. The smallest absolute Gasteiger partial charge is 0.319 e. The van der Waals surface area contributed by atoms with Crippen molar-refractivity contribution in [1.82, 2.24) is 25.1 Å². The van der Waals surface area contributed by atoms with Crippen LogP contribution in [0.4, 0.5) is 16.3 Å². The molecule has 158 valence electrons. The lowest BCUT2D eigenvalue weighted by molar-refractivity contribution is 0.252. The minimum absolute atomic E-state index is 0.202. The molecule has 8 nitrogen and oxygen atoms in total. The molecule has 0 unspecified atom stereocenters. The Morgan fingerprint density at radius 2 is 2.07 bits per heavy atom. The highest BCUT2D eigenvalue weighted by Gasteiger charge is 2.18. The number of hydrogen-bond acceptors (Lipinski definition) is 6. The summed E-state index contributed by atoms with van der Waals surface area (Å²) in [6, 6.07) is 3.55. The quantitative estimate of drug-likeness (QED) is 0.480. The standard InChI is InChI=1S/C20H31N7OS/c1-15(2)14-27-17(24-25-20(27)29-3)9-7-11-22-19(28)23-16-8-6-10-21-18(16)26-12-4-5-13-26/h6,8,10,15H,4-5,7,9,11-14H2,1-3H3,(H2,22,23,28). The maximum atomic E-state index is 12.3. The highest BCUT2D eigenvalue weighted by Crippen LogP contribution is 2.25. The van der Waals surface area contributed by atoms with Gasteiger partial charge in [-0.3, -0.25) is 0 Å². The third-order valence-corrected chi connectivity index (χ3v) is 5.49. The zero-order chi connectivity index (χ0) is 20.6. The second-order valence-electron chi connectivity index (χ2n) is 7.66. The molecule has 2 N–H and O–H groups in total. The van der Waals surface area contributed by atoms with Gasteiger partial charge in [0.1, 0.15) is 5.82 Å². The first kappa shape index (κ1) is 21.4. The number of aromatic nitrogens is 4. The van der Waals surface area contributed by atoms with E-state index in [-0.39, 0.29) is 6.03 Å². The van der Waals surface area contributed by atoms with Crippen LogP contribution in [0.15, 0.2) is 23.5 Å². The molecule has 3 heterocycles. The van der Waals surface area contributed by atoms with Gasteiger partial charge < -0.3 is 20.1 Å². The van der Waals surface area contributed by atoms with Gasteiger partial charge in [0.2, 0.25) is 0 Å². The van der Waals surface area contributed by atoms with Crippen molar-refractivity contribution in [2.45, 2.75) is 51.2 Å². The molecule has 2 amide bonds. The van der Waals surface area contributed by atoms with E-state index >= 15 is 0 Å². The molecule has 2 aromatic heterocycles. The predicted molar refractivity (Wildman–Crippen MR) is 118 cm³/mol. The molecule has 1 aliphatic rings. The highest BCUT2D eigenvalue weighted by atomic mass is 32.2. The van der Waals surface area contributed by atoms with E-state index in [1.165, 1.54) is 12.8 Å². The van der Waals surface area contributed by atoms with Crippen molar-refractivity contribution in [3.05, 3.63) is 24.2 Å². The molecular weight excluding hydrogens is 386 g/mol. The summed E-state index contributed by atoms with van der Waals surface area (Å²) < 4.78 is 2.19. The molecule has 0 spiro atoms. The van der Waals surface area contributed by atoms with E-state index in [0.29, 0.717) is 12.5 Å². The molecule has 0 aliphatic carbocycles. The molecule has 2 aromatic rings. The van der Waals surface area contributed by atoms with Crippen molar-refractivity contribution in [1.29, 1.82) is 0 Å². The Kier molecular flexibility index (Phi) is 7.74. The summed E-state index contributed by atoms with van der Waals surface area (Å²) in [5.74, 6) is 2.37.